The van der Waals surface area contributed by atoms with Gasteiger partial charge in [-0.05, 0) is 43.4 Å². The second-order valence-electron chi connectivity index (χ2n) is 6.73. The monoisotopic (exact) mass is 505 g/mol. The third-order valence-electron chi connectivity index (χ3n) is 4.54. The highest BCUT2D eigenvalue weighted by atomic mass is 79.9. The fourth-order valence-electron chi connectivity index (χ4n) is 2.93. The van der Waals surface area contributed by atoms with Crippen LogP contribution in [0.2, 0.25) is 0 Å². The molecule has 8 nitrogen and oxygen atoms in total. The number of ether oxygens (including phenoxy) is 2. The van der Waals surface area contributed by atoms with Gasteiger partial charge < -0.3 is 20.2 Å². The molecule has 0 radical (unpaired) electrons. The molecule has 1 amide bonds. The lowest BCUT2D eigenvalue weighted by Crippen LogP contribution is -2.22. The zero-order valence-corrected chi connectivity index (χ0v) is 19.9. The first-order chi connectivity index (χ1) is 14.9. The van der Waals surface area contributed by atoms with Crippen LogP contribution in [0.4, 0.5) is 5.69 Å². The van der Waals surface area contributed by atoms with Gasteiger partial charge in [-0.25, -0.2) is 4.68 Å². The lowest BCUT2D eigenvalue weighted by molar-refractivity contribution is -0.118. The molecule has 0 aliphatic rings. The van der Waals surface area contributed by atoms with Crippen LogP contribution in [0, 0.1) is 11.7 Å². The quantitative estimate of drug-likeness (QED) is 0.374. The molecule has 0 fully saturated rings. The molecule has 0 aliphatic heterocycles. The van der Waals surface area contributed by atoms with Gasteiger partial charge in [0.05, 0.1) is 13.7 Å². The first kappa shape index (κ1) is 22.8. The maximum atomic E-state index is 12.4. The molecule has 3 aromatic rings. The lowest BCUT2D eigenvalue weighted by atomic mass is 10.2. The van der Waals surface area contributed by atoms with Gasteiger partial charge in [-0.1, -0.05) is 40.5 Å². The summed E-state index contributed by atoms with van der Waals surface area (Å²) in [5, 5.41) is 9.79. The van der Waals surface area contributed by atoms with Crippen LogP contribution in [0.15, 0.2) is 40.9 Å². The number of methoxy groups -OCH3 is 1. The Bertz CT molecular complexity index is 1110. The van der Waals surface area contributed by atoms with Gasteiger partial charge in [0.2, 0.25) is 4.77 Å². The van der Waals surface area contributed by atoms with Gasteiger partial charge in [-0.3, -0.25) is 9.89 Å². The number of hydrogen-bond donors (Lipinski definition) is 3. The SMILES string of the molecule is CCc1n[nH]c(=S)n1NCc1c(Br)ccc(OC)c1OCC(=O)Nc1ccc(C)cc1. The highest BCUT2D eigenvalue weighted by molar-refractivity contribution is 9.10. The molecule has 0 saturated heterocycles. The fraction of sp³-hybridized carbons (Fsp3) is 0.286. The molecule has 2 aromatic carbocycles. The first-order valence-corrected chi connectivity index (χ1v) is 10.9. The Hall–Kier alpha value is -2.85. The number of amides is 1. The van der Waals surface area contributed by atoms with E-state index >= 15 is 0 Å². The van der Waals surface area contributed by atoms with Crippen molar-refractivity contribution in [1.29, 1.82) is 0 Å². The van der Waals surface area contributed by atoms with E-state index in [0.29, 0.717) is 34.9 Å². The third kappa shape index (κ3) is 5.65. The van der Waals surface area contributed by atoms with Crippen molar-refractivity contribution in [3.8, 4) is 11.5 Å². The second kappa shape index (κ2) is 10.5. The largest absolute Gasteiger partial charge is 0.493 e. The number of rotatable bonds is 9. The number of carbonyl (C=O) groups is 1. The number of aromatic amines is 1. The Morgan fingerprint density at radius 2 is 2.00 bits per heavy atom. The van der Waals surface area contributed by atoms with Gasteiger partial charge in [0.25, 0.3) is 5.91 Å². The fourth-order valence-corrected chi connectivity index (χ4v) is 3.59. The lowest BCUT2D eigenvalue weighted by Gasteiger charge is -2.18. The summed E-state index contributed by atoms with van der Waals surface area (Å²) in [6, 6.07) is 11.2. The summed E-state index contributed by atoms with van der Waals surface area (Å²) in [6.07, 6.45) is 0.710. The minimum atomic E-state index is -0.268. The molecule has 0 bridgehead atoms. The molecule has 0 spiro atoms. The van der Waals surface area contributed by atoms with Crippen LogP contribution in [0.5, 0.6) is 11.5 Å². The average Bonchev–Trinajstić information content (AvgIpc) is 3.12. The van der Waals surface area contributed by atoms with Gasteiger partial charge in [0.15, 0.2) is 23.9 Å². The predicted octanol–water partition coefficient (Wildman–Crippen LogP) is 4.34. The Balaban J connectivity index is 1.76. The number of H-pyrrole nitrogens is 1. The van der Waals surface area contributed by atoms with Crippen LogP contribution in [-0.4, -0.2) is 34.5 Å². The average molecular weight is 506 g/mol. The summed E-state index contributed by atoms with van der Waals surface area (Å²) in [7, 11) is 1.56. The van der Waals surface area contributed by atoms with E-state index in [4.69, 9.17) is 21.7 Å². The maximum absolute atomic E-state index is 12.4. The van der Waals surface area contributed by atoms with E-state index in [-0.39, 0.29) is 12.5 Å². The predicted molar refractivity (Wildman–Crippen MR) is 126 cm³/mol. The highest BCUT2D eigenvalue weighted by Crippen LogP contribution is 2.36. The molecular formula is C21H24BrN5O3S. The molecule has 1 aromatic heterocycles. The summed E-state index contributed by atoms with van der Waals surface area (Å²) in [5.41, 5.74) is 5.86. The zero-order chi connectivity index (χ0) is 22.4. The Morgan fingerprint density at radius 3 is 2.68 bits per heavy atom. The maximum Gasteiger partial charge on any atom is 0.262 e. The number of aromatic nitrogens is 3. The van der Waals surface area contributed by atoms with E-state index in [2.05, 4.69) is 36.9 Å². The van der Waals surface area contributed by atoms with Crippen molar-refractivity contribution < 1.29 is 14.3 Å². The summed E-state index contributed by atoms with van der Waals surface area (Å²) < 4.78 is 14.3. The topological polar surface area (TPSA) is 93.2 Å². The number of nitrogens with zero attached hydrogens (tertiary/aromatic N) is 2. The van der Waals surface area contributed by atoms with Crippen LogP contribution >= 0.6 is 28.1 Å². The number of benzene rings is 2. The Kier molecular flexibility index (Phi) is 7.69. The summed E-state index contributed by atoms with van der Waals surface area (Å²) in [6.45, 7) is 4.18. The van der Waals surface area contributed by atoms with Gasteiger partial charge in [0.1, 0.15) is 0 Å². The standard InChI is InChI=1S/C21H24BrN5O3S/c1-4-18-25-26-21(31)27(18)23-11-15-16(22)9-10-17(29-3)20(15)30-12-19(28)24-14-7-5-13(2)6-8-14/h5-10,23H,4,11-12H2,1-3H3,(H,24,28)(H,26,31). The Morgan fingerprint density at radius 1 is 1.26 bits per heavy atom. The normalized spacial score (nSPS) is 10.6. The van der Waals surface area contributed by atoms with Crippen LogP contribution in [0.25, 0.3) is 0 Å². The van der Waals surface area contributed by atoms with Gasteiger partial charge in [0, 0.05) is 22.1 Å². The minimum Gasteiger partial charge on any atom is -0.493 e. The number of anilines is 1. The smallest absolute Gasteiger partial charge is 0.262 e. The molecule has 3 N–H and O–H groups in total. The van der Waals surface area contributed by atoms with Gasteiger partial charge in [-0.15, -0.1) is 0 Å². The minimum absolute atomic E-state index is 0.168. The van der Waals surface area contributed by atoms with Crippen molar-refractivity contribution in [3.05, 3.63) is 62.6 Å². The van der Waals surface area contributed by atoms with E-state index in [1.807, 2.05) is 44.2 Å². The molecule has 1 heterocycles. The molecule has 164 valence electrons. The van der Waals surface area contributed by atoms with Crippen molar-refractivity contribution in [3.63, 3.8) is 0 Å². The molecular weight excluding hydrogens is 482 g/mol. The van der Waals surface area contributed by atoms with E-state index in [0.717, 1.165) is 21.4 Å². The molecule has 10 heteroatoms. The van der Waals surface area contributed by atoms with E-state index in [9.17, 15) is 4.79 Å². The molecule has 3 rings (SSSR count). The number of halogens is 1. The summed E-state index contributed by atoms with van der Waals surface area (Å²) in [5.74, 6) is 1.50. The van der Waals surface area contributed by atoms with Crippen molar-refractivity contribution >= 4 is 39.7 Å². The van der Waals surface area contributed by atoms with Crippen LogP contribution in [-0.2, 0) is 17.8 Å². The van der Waals surface area contributed by atoms with Crippen LogP contribution in [0.1, 0.15) is 23.9 Å². The molecule has 31 heavy (non-hydrogen) atoms. The number of carbonyl (C=O) groups excluding carboxylic acids is 1. The number of hydrogen-bond acceptors (Lipinski definition) is 6. The van der Waals surface area contributed by atoms with Crippen LogP contribution < -0.4 is 20.2 Å². The zero-order valence-electron chi connectivity index (χ0n) is 17.5. The van der Waals surface area contributed by atoms with Crippen LogP contribution in [0.3, 0.4) is 0 Å². The molecule has 0 aliphatic carbocycles. The highest BCUT2D eigenvalue weighted by Gasteiger charge is 2.17. The van der Waals surface area contributed by atoms with Gasteiger partial charge in [-0.2, -0.15) is 5.10 Å². The molecule has 0 saturated carbocycles. The van der Waals surface area contributed by atoms with Crippen molar-refractivity contribution in [2.24, 2.45) is 0 Å². The molecule has 0 atom stereocenters. The molecule has 0 unspecified atom stereocenters. The van der Waals surface area contributed by atoms with Crippen molar-refractivity contribution in [2.45, 2.75) is 26.8 Å². The van der Waals surface area contributed by atoms with E-state index in [1.165, 1.54) is 0 Å². The van der Waals surface area contributed by atoms with Crippen molar-refractivity contribution in [1.82, 2.24) is 14.9 Å². The summed E-state index contributed by atoms with van der Waals surface area (Å²) in [4.78, 5) is 12.4. The number of aryl methyl sites for hydroxylation is 2. The third-order valence-corrected chi connectivity index (χ3v) is 5.56. The second-order valence-corrected chi connectivity index (χ2v) is 7.97. The summed E-state index contributed by atoms with van der Waals surface area (Å²) >= 11 is 8.85. The Labute approximate surface area is 194 Å². The number of nitrogens with one attached hydrogen (secondary N) is 3. The van der Waals surface area contributed by atoms with E-state index < -0.39 is 0 Å². The van der Waals surface area contributed by atoms with E-state index in [1.54, 1.807) is 17.9 Å². The first-order valence-electron chi connectivity index (χ1n) is 9.67. The van der Waals surface area contributed by atoms with Gasteiger partial charge >= 0.3 is 0 Å². The van der Waals surface area contributed by atoms with Crippen molar-refractivity contribution in [2.75, 3.05) is 24.5 Å².